The van der Waals surface area contributed by atoms with Gasteiger partial charge in [0.15, 0.2) is 0 Å². The van der Waals surface area contributed by atoms with Crippen molar-refractivity contribution in [3.63, 3.8) is 0 Å². The van der Waals surface area contributed by atoms with Crippen LogP contribution in [0.3, 0.4) is 0 Å². The Hall–Kier alpha value is -0.570. The fraction of sp³-hybridized carbons (Fsp3) is 0.944. The normalized spacial score (nSPS) is 41.1. The molecule has 21 heavy (non-hydrogen) atoms. The fourth-order valence-electron chi connectivity index (χ4n) is 4.13. The number of nitrogens with zero attached hydrogens (tertiary/aromatic N) is 1. The predicted molar refractivity (Wildman–Crippen MR) is 87.9 cm³/mol. The molecule has 0 radical (unpaired) electrons. The van der Waals surface area contributed by atoms with E-state index in [1.807, 2.05) is 0 Å². The lowest BCUT2D eigenvalue weighted by atomic mass is 9.77. The third-order valence-corrected chi connectivity index (χ3v) is 5.95. The molecule has 2 rings (SSSR count). The van der Waals surface area contributed by atoms with Gasteiger partial charge in [0.25, 0.3) is 0 Å². The highest BCUT2D eigenvalue weighted by molar-refractivity contribution is 5.88. The van der Waals surface area contributed by atoms with Crippen LogP contribution in [0.4, 0.5) is 0 Å². The van der Waals surface area contributed by atoms with Crippen LogP contribution in [0.1, 0.15) is 73.6 Å². The summed E-state index contributed by atoms with van der Waals surface area (Å²) in [6.07, 6.45) is 5.89. The van der Waals surface area contributed by atoms with Crippen LogP contribution in [0, 0.1) is 17.8 Å². The first-order valence-electron chi connectivity index (χ1n) is 8.90. The molecule has 0 aromatic carbocycles. The van der Waals surface area contributed by atoms with Gasteiger partial charge >= 0.3 is 0 Å². The quantitative estimate of drug-likeness (QED) is 0.855. The van der Waals surface area contributed by atoms with Crippen LogP contribution in [0.15, 0.2) is 0 Å². The molecular weight excluding hydrogens is 260 g/mol. The third-order valence-electron chi connectivity index (χ3n) is 5.95. The average molecular weight is 294 g/mol. The first-order chi connectivity index (χ1) is 9.80. The van der Waals surface area contributed by atoms with Gasteiger partial charge in [-0.15, -0.1) is 0 Å². The van der Waals surface area contributed by atoms with E-state index < -0.39 is 0 Å². The zero-order chi connectivity index (χ0) is 15.8. The molecule has 2 aliphatic rings. The monoisotopic (exact) mass is 294 g/mol. The minimum Gasteiger partial charge on any atom is -0.322 e. The van der Waals surface area contributed by atoms with Gasteiger partial charge < -0.3 is 4.90 Å². The minimum absolute atomic E-state index is 0.222. The molecule has 1 heterocycles. The number of hydrogen-bond donors (Lipinski definition) is 1. The highest BCUT2D eigenvalue weighted by atomic mass is 16.2. The second-order valence-electron chi connectivity index (χ2n) is 8.02. The molecule has 0 aromatic heterocycles. The van der Waals surface area contributed by atoms with Crippen LogP contribution in [0.5, 0.6) is 0 Å². The Balaban J connectivity index is 2.25. The summed E-state index contributed by atoms with van der Waals surface area (Å²) in [6, 6.07) is 0.422. The smallest absolute Gasteiger partial charge is 0.244 e. The molecule has 1 N–H and O–H groups in total. The Labute approximate surface area is 130 Å². The summed E-state index contributed by atoms with van der Waals surface area (Å²) in [7, 11) is 0. The van der Waals surface area contributed by atoms with Gasteiger partial charge in [0, 0.05) is 6.04 Å². The Bertz CT molecular complexity index is 381. The van der Waals surface area contributed by atoms with Crippen molar-refractivity contribution in [2.75, 3.05) is 0 Å². The molecule has 0 bridgehead atoms. The molecule has 1 aliphatic heterocycles. The van der Waals surface area contributed by atoms with Crippen molar-refractivity contribution in [2.24, 2.45) is 17.8 Å². The molecule has 0 aromatic rings. The SMILES string of the molecule is CCC1(C)NC(CC(C)C)N(C2CCCC(C)C2C)C1=O. The van der Waals surface area contributed by atoms with E-state index in [1.165, 1.54) is 19.3 Å². The summed E-state index contributed by atoms with van der Waals surface area (Å²) < 4.78 is 0. The second kappa shape index (κ2) is 6.28. The van der Waals surface area contributed by atoms with E-state index in [4.69, 9.17) is 0 Å². The molecule has 3 nitrogen and oxygen atoms in total. The topological polar surface area (TPSA) is 32.3 Å². The van der Waals surface area contributed by atoms with Gasteiger partial charge in [0.05, 0.1) is 11.7 Å². The highest BCUT2D eigenvalue weighted by Crippen LogP contribution is 2.38. The maximum atomic E-state index is 13.1. The van der Waals surface area contributed by atoms with Crippen LogP contribution in [-0.2, 0) is 4.79 Å². The van der Waals surface area contributed by atoms with Crippen LogP contribution >= 0.6 is 0 Å². The van der Waals surface area contributed by atoms with Crippen molar-refractivity contribution in [1.29, 1.82) is 0 Å². The van der Waals surface area contributed by atoms with Crippen LogP contribution < -0.4 is 5.32 Å². The van der Waals surface area contributed by atoms with Crippen molar-refractivity contribution >= 4 is 5.91 Å². The number of hydrogen-bond acceptors (Lipinski definition) is 2. The molecule has 5 unspecified atom stereocenters. The van der Waals surface area contributed by atoms with Crippen molar-refractivity contribution in [3.05, 3.63) is 0 Å². The Morgan fingerprint density at radius 3 is 2.57 bits per heavy atom. The highest BCUT2D eigenvalue weighted by Gasteiger charge is 2.50. The summed E-state index contributed by atoms with van der Waals surface area (Å²) in [4.78, 5) is 15.3. The van der Waals surface area contributed by atoms with Crippen LogP contribution in [0.2, 0.25) is 0 Å². The number of nitrogens with one attached hydrogen (secondary N) is 1. The molecule has 2 fully saturated rings. The first kappa shape index (κ1) is 16.8. The van der Waals surface area contributed by atoms with Gasteiger partial charge in [-0.1, -0.05) is 47.5 Å². The first-order valence-corrected chi connectivity index (χ1v) is 8.90. The molecule has 1 saturated carbocycles. The van der Waals surface area contributed by atoms with Crippen molar-refractivity contribution < 1.29 is 4.79 Å². The maximum Gasteiger partial charge on any atom is 0.244 e. The Morgan fingerprint density at radius 2 is 2.00 bits per heavy atom. The van der Waals surface area contributed by atoms with Gasteiger partial charge in [-0.2, -0.15) is 0 Å². The van der Waals surface area contributed by atoms with E-state index in [0.29, 0.717) is 23.8 Å². The lowest BCUT2D eigenvalue weighted by molar-refractivity contribution is -0.137. The van der Waals surface area contributed by atoms with E-state index in [9.17, 15) is 4.79 Å². The van der Waals surface area contributed by atoms with E-state index in [-0.39, 0.29) is 11.7 Å². The summed E-state index contributed by atoms with van der Waals surface area (Å²) in [6.45, 7) is 13.4. The van der Waals surface area contributed by atoms with Crippen molar-refractivity contribution in [1.82, 2.24) is 10.2 Å². The van der Waals surface area contributed by atoms with Crippen molar-refractivity contribution in [3.8, 4) is 0 Å². The molecule has 1 aliphatic carbocycles. The lowest BCUT2D eigenvalue weighted by Crippen LogP contribution is -2.50. The van der Waals surface area contributed by atoms with Gasteiger partial charge in [0.2, 0.25) is 5.91 Å². The average Bonchev–Trinajstić information content (AvgIpc) is 2.65. The third kappa shape index (κ3) is 3.13. The standard InChI is InChI=1S/C18H34N2O/c1-7-18(6)17(21)20(16(19-18)11-12(2)3)15-10-8-9-13(4)14(15)5/h12-16,19H,7-11H2,1-6H3. The predicted octanol–water partition coefficient (Wildman–Crippen LogP) is 3.78. The molecule has 1 amide bonds. The second-order valence-corrected chi connectivity index (χ2v) is 8.02. The molecular formula is C18H34N2O. The molecule has 0 spiro atoms. The minimum atomic E-state index is -0.361. The molecule has 1 saturated heterocycles. The lowest BCUT2D eigenvalue weighted by Gasteiger charge is -2.42. The molecule has 122 valence electrons. The number of amides is 1. The van der Waals surface area contributed by atoms with Crippen LogP contribution in [-0.4, -0.2) is 28.6 Å². The van der Waals surface area contributed by atoms with Gasteiger partial charge in [-0.25, -0.2) is 0 Å². The summed E-state index contributed by atoms with van der Waals surface area (Å²) in [5.74, 6) is 2.28. The molecule has 5 atom stereocenters. The summed E-state index contributed by atoms with van der Waals surface area (Å²) in [5, 5.41) is 3.66. The Morgan fingerprint density at radius 1 is 1.33 bits per heavy atom. The van der Waals surface area contributed by atoms with Gasteiger partial charge in [-0.05, 0) is 43.9 Å². The summed E-state index contributed by atoms with van der Waals surface area (Å²) >= 11 is 0. The van der Waals surface area contributed by atoms with Crippen molar-refractivity contribution in [2.45, 2.75) is 91.4 Å². The largest absolute Gasteiger partial charge is 0.322 e. The van der Waals surface area contributed by atoms with E-state index in [2.05, 4.69) is 51.8 Å². The molecule has 3 heteroatoms. The van der Waals surface area contributed by atoms with Gasteiger partial charge in [-0.3, -0.25) is 10.1 Å². The van der Waals surface area contributed by atoms with E-state index >= 15 is 0 Å². The zero-order valence-electron chi connectivity index (χ0n) is 14.8. The van der Waals surface area contributed by atoms with Crippen LogP contribution in [0.25, 0.3) is 0 Å². The number of carbonyl (C=O) groups is 1. The Kier molecular flexibility index (Phi) is 5.02. The maximum absolute atomic E-state index is 13.1. The fourth-order valence-corrected chi connectivity index (χ4v) is 4.13. The zero-order valence-corrected chi connectivity index (χ0v) is 14.8. The number of rotatable bonds is 4. The van der Waals surface area contributed by atoms with E-state index in [0.717, 1.165) is 18.8 Å². The van der Waals surface area contributed by atoms with E-state index in [1.54, 1.807) is 0 Å². The van der Waals surface area contributed by atoms with Gasteiger partial charge in [0.1, 0.15) is 0 Å². The number of carbonyl (C=O) groups excluding carboxylic acids is 1. The summed E-state index contributed by atoms with van der Waals surface area (Å²) in [5.41, 5.74) is -0.361.